The van der Waals surface area contributed by atoms with E-state index in [9.17, 15) is 14.9 Å². The summed E-state index contributed by atoms with van der Waals surface area (Å²) < 4.78 is 0. The summed E-state index contributed by atoms with van der Waals surface area (Å²) in [7, 11) is 0. The number of nitro benzene ring substituents is 1. The van der Waals surface area contributed by atoms with Crippen molar-refractivity contribution in [1.29, 1.82) is 0 Å². The van der Waals surface area contributed by atoms with E-state index < -0.39 is 10.8 Å². The monoisotopic (exact) mass is 323 g/mol. The molecule has 120 valence electrons. The molecule has 1 aromatic rings. The van der Waals surface area contributed by atoms with Gasteiger partial charge in [0.1, 0.15) is 0 Å². The average molecular weight is 323 g/mol. The Morgan fingerprint density at radius 3 is 2.86 bits per heavy atom. The molecule has 2 N–H and O–H groups in total. The van der Waals surface area contributed by atoms with Gasteiger partial charge < -0.3 is 5.73 Å². The smallest absolute Gasteiger partial charge is 0.274 e. The second kappa shape index (κ2) is 7.11. The van der Waals surface area contributed by atoms with Crippen LogP contribution in [0.4, 0.5) is 5.69 Å². The van der Waals surface area contributed by atoms with Crippen LogP contribution >= 0.6 is 11.8 Å². The predicted molar refractivity (Wildman–Crippen MR) is 88.0 cm³/mol. The molecule has 1 aliphatic heterocycles. The van der Waals surface area contributed by atoms with Crippen molar-refractivity contribution in [2.24, 2.45) is 11.7 Å². The second-order valence-corrected chi connectivity index (χ2v) is 7.20. The minimum Gasteiger partial charge on any atom is -0.366 e. The maximum Gasteiger partial charge on any atom is 0.274 e. The molecule has 2 rings (SSSR count). The molecule has 0 aliphatic carbocycles. The number of primary amides is 1. The van der Waals surface area contributed by atoms with Crippen LogP contribution in [-0.4, -0.2) is 39.8 Å². The Hall–Kier alpha value is -1.60. The molecule has 0 unspecified atom stereocenters. The SMILES string of the molecule is CC(C)[C@@H]1CN(Cc2ccc(C(N)=O)cc2[N+](=O)[O-])CCS1. The first kappa shape index (κ1) is 16.8. The number of carbonyl (C=O) groups is 1. The molecule has 0 saturated carbocycles. The molecule has 0 bridgehead atoms. The zero-order valence-electron chi connectivity index (χ0n) is 12.8. The fraction of sp³-hybridized carbons (Fsp3) is 0.533. The molecule has 1 fully saturated rings. The number of nitrogens with zero attached hydrogens (tertiary/aromatic N) is 2. The summed E-state index contributed by atoms with van der Waals surface area (Å²) in [6, 6.07) is 4.48. The number of nitrogens with two attached hydrogens (primary N) is 1. The third-order valence-corrected chi connectivity index (χ3v) is 5.42. The van der Waals surface area contributed by atoms with Crippen molar-refractivity contribution in [3.05, 3.63) is 39.4 Å². The Bertz CT molecular complexity index is 577. The summed E-state index contributed by atoms with van der Waals surface area (Å²) in [5, 5.41) is 11.8. The van der Waals surface area contributed by atoms with Crippen molar-refractivity contribution in [3.63, 3.8) is 0 Å². The number of hydrogen-bond donors (Lipinski definition) is 1. The summed E-state index contributed by atoms with van der Waals surface area (Å²) in [6.07, 6.45) is 0. The van der Waals surface area contributed by atoms with Gasteiger partial charge in [-0.25, -0.2) is 0 Å². The third kappa shape index (κ3) is 3.98. The van der Waals surface area contributed by atoms with Crippen LogP contribution in [0.3, 0.4) is 0 Å². The van der Waals surface area contributed by atoms with Gasteiger partial charge in [-0.2, -0.15) is 11.8 Å². The van der Waals surface area contributed by atoms with Gasteiger partial charge in [0.05, 0.1) is 4.92 Å². The lowest BCUT2D eigenvalue weighted by Crippen LogP contribution is -2.39. The largest absolute Gasteiger partial charge is 0.366 e. The number of hydrogen-bond acceptors (Lipinski definition) is 5. The van der Waals surface area contributed by atoms with E-state index >= 15 is 0 Å². The van der Waals surface area contributed by atoms with Crippen molar-refractivity contribution in [2.75, 3.05) is 18.8 Å². The first-order valence-corrected chi connectivity index (χ1v) is 8.34. The molecule has 22 heavy (non-hydrogen) atoms. The van der Waals surface area contributed by atoms with Crippen molar-refractivity contribution in [3.8, 4) is 0 Å². The van der Waals surface area contributed by atoms with Gasteiger partial charge in [0.2, 0.25) is 5.91 Å². The number of amides is 1. The summed E-state index contributed by atoms with van der Waals surface area (Å²) in [5.41, 5.74) is 5.96. The highest BCUT2D eigenvalue weighted by atomic mass is 32.2. The number of nitro groups is 1. The summed E-state index contributed by atoms with van der Waals surface area (Å²) in [5.74, 6) is 0.972. The van der Waals surface area contributed by atoms with Crippen molar-refractivity contribution >= 4 is 23.4 Å². The fourth-order valence-electron chi connectivity index (χ4n) is 2.54. The van der Waals surface area contributed by atoms with Gasteiger partial charge in [-0.1, -0.05) is 19.9 Å². The van der Waals surface area contributed by atoms with Crippen molar-refractivity contribution in [1.82, 2.24) is 4.90 Å². The highest BCUT2D eigenvalue weighted by Gasteiger charge is 2.25. The Morgan fingerprint density at radius 1 is 1.55 bits per heavy atom. The molecule has 1 amide bonds. The van der Waals surface area contributed by atoms with E-state index in [0.717, 1.165) is 18.8 Å². The second-order valence-electron chi connectivity index (χ2n) is 5.85. The first-order chi connectivity index (χ1) is 10.4. The van der Waals surface area contributed by atoms with Crippen LogP contribution in [0.15, 0.2) is 18.2 Å². The number of thioether (sulfide) groups is 1. The molecular formula is C15H21N3O3S. The molecule has 1 aliphatic rings. The number of benzene rings is 1. The maximum absolute atomic E-state index is 11.2. The van der Waals surface area contributed by atoms with Crippen LogP contribution in [0.2, 0.25) is 0 Å². The zero-order chi connectivity index (χ0) is 16.3. The summed E-state index contributed by atoms with van der Waals surface area (Å²) in [4.78, 5) is 24.2. The topological polar surface area (TPSA) is 89.5 Å². The fourth-order valence-corrected chi connectivity index (χ4v) is 3.91. The normalized spacial score (nSPS) is 19.3. The lowest BCUT2D eigenvalue weighted by molar-refractivity contribution is -0.385. The van der Waals surface area contributed by atoms with E-state index in [1.165, 1.54) is 6.07 Å². The number of rotatable bonds is 5. The van der Waals surface area contributed by atoms with Gasteiger partial charge in [0.15, 0.2) is 0 Å². The van der Waals surface area contributed by atoms with Crippen molar-refractivity contribution < 1.29 is 9.72 Å². The molecule has 7 heteroatoms. The molecule has 0 spiro atoms. The predicted octanol–water partition coefficient (Wildman–Crippen LogP) is 2.27. The average Bonchev–Trinajstić information content (AvgIpc) is 2.47. The van der Waals surface area contributed by atoms with E-state index in [1.807, 2.05) is 11.8 Å². The van der Waals surface area contributed by atoms with Crippen molar-refractivity contribution in [2.45, 2.75) is 25.6 Å². The number of carbonyl (C=O) groups excluding carboxylic acids is 1. The highest BCUT2D eigenvalue weighted by Crippen LogP contribution is 2.28. The maximum atomic E-state index is 11.2. The third-order valence-electron chi connectivity index (χ3n) is 3.88. The van der Waals surface area contributed by atoms with Gasteiger partial charge in [0.25, 0.3) is 5.69 Å². The van der Waals surface area contributed by atoms with Crippen LogP contribution in [0.25, 0.3) is 0 Å². The first-order valence-electron chi connectivity index (χ1n) is 7.29. The van der Waals surface area contributed by atoms with E-state index in [4.69, 9.17) is 5.73 Å². The van der Waals surface area contributed by atoms with E-state index in [-0.39, 0.29) is 11.3 Å². The van der Waals surface area contributed by atoms with Crippen LogP contribution in [0.5, 0.6) is 0 Å². The molecule has 1 saturated heterocycles. The van der Waals surface area contributed by atoms with E-state index in [2.05, 4.69) is 18.7 Å². The standard InChI is InChI=1S/C15H21N3O3S/c1-10(2)14-9-17(5-6-22-14)8-12-4-3-11(15(16)19)7-13(12)18(20)21/h3-4,7,10,14H,5-6,8-9H2,1-2H3,(H2,16,19)/t14-/m0/s1. The summed E-state index contributed by atoms with van der Waals surface area (Å²) >= 11 is 1.97. The zero-order valence-corrected chi connectivity index (χ0v) is 13.6. The molecular weight excluding hydrogens is 302 g/mol. The molecule has 6 nitrogen and oxygen atoms in total. The minimum atomic E-state index is -0.649. The Labute approximate surface area is 134 Å². The van der Waals surface area contributed by atoms with Gasteiger partial charge in [0, 0.05) is 47.8 Å². The van der Waals surface area contributed by atoms with E-state index in [0.29, 0.717) is 23.3 Å². The quantitative estimate of drug-likeness (QED) is 0.663. The van der Waals surface area contributed by atoms with Crippen LogP contribution in [0.1, 0.15) is 29.8 Å². The van der Waals surface area contributed by atoms with E-state index in [1.54, 1.807) is 12.1 Å². The molecule has 1 atom stereocenters. The highest BCUT2D eigenvalue weighted by molar-refractivity contribution is 8.00. The van der Waals surface area contributed by atoms with Gasteiger partial charge in [-0.3, -0.25) is 19.8 Å². The molecule has 0 radical (unpaired) electrons. The lowest BCUT2D eigenvalue weighted by Gasteiger charge is -2.34. The Kier molecular flexibility index (Phi) is 5.42. The molecule has 1 heterocycles. The van der Waals surface area contributed by atoms with Crippen LogP contribution in [-0.2, 0) is 6.54 Å². The molecule has 1 aromatic carbocycles. The van der Waals surface area contributed by atoms with Gasteiger partial charge >= 0.3 is 0 Å². The van der Waals surface area contributed by atoms with Gasteiger partial charge in [-0.15, -0.1) is 0 Å². The van der Waals surface area contributed by atoms with Crippen LogP contribution in [0, 0.1) is 16.0 Å². The van der Waals surface area contributed by atoms with Crippen LogP contribution < -0.4 is 5.73 Å². The minimum absolute atomic E-state index is 0.0318. The lowest BCUT2D eigenvalue weighted by atomic mass is 10.1. The van der Waals surface area contributed by atoms with Gasteiger partial charge in [-0.05, 0) is 12.0 Å². The Morgan fingerprint density at radius 2 is 2.27 bits per heavy atom. The molecule has 0 aromatic heterocycles. The Balaban J connectivity index is 2.18. The summed E-state index contributed by atoms with van der Waals surface area (Å²) in [6.45, 7) is 6.77.